The number of nitrogens with zero attached hydrogens (tertiary/aromatic N) is 1. The summed E-state index contributed by atoms with van der Waals surface area (Å²) in [6.07, 6.45) is 2.91. The molecule has 0 aliphatic heterocycles. The number of hydrogen-bond donors (Lipinski definition) is 2. The molecule has 0 radical (unpaired) electrons. The van der Waals surface area contributed by atoms with Crippen molar-refractivity contribution >= 4 is 16.7 Å². The number of benzene rings is 2. The second-order valence-corrected chi connectivity index (χ2v) is 5.26. The van der Waals surface area contributed by atoms with Gasteiger partial charge in [0.15, 0.2) is 0 Å². The number of carbonyl (C=O) groups excluding carboxylic acids is 1. The van der Waals surface area contributed by atoms with Gasteiger partial charge >= 0.3 is 0 Å². The third kappa shape index (κ3) is 3.52. The van der Waals surface area contributed by atoms with E-state index in [1.165, 1.54) is 0 Å². The molecule has 0 heterocycles. The molecule has 0 atom stereocenters. The van der Waals surface area contributed by atoms with Gasteiger partial charge in [-0.2, -0.15) is 0 Å². The predicted molar refractivity (Wildman–Crippen MR) is 85.5 cm³/mol. The van der Waals surface area contributed by atoms with Gasteiger partial charge in [-0.15, -0.1) is 0 Å². The number of carbonyl (C=O) groups is 1. The fourth-order valence-electron chi connectivity index (χ4n) is 2.40. The molecule has 0 saturated heterocycles. The average molecular weight is 286 g/mol. The molecule has 0 fully saturated rings. The molecule has 0 aliphatic rings. The Balaban J connectivity index is 2.13. The first kappa shape index (κ1) is 15.3. The molecule has 2 aromatic carbocycles. The molecule has 1 amide bonds. The SMILES string of the molecule is CN(CCCCCN)C(=O)c1ccc2ccccc2c1O. The number of unbranched alkanes of at least 4 members (excludes halogenated alkanes) is 2. The zero-order valence-electron chi connectivity index (χ0n) is 12.4. The van der Waals surface area contributed by atoms with E-state index >= 15 is 0 Å². The Hall–Kier alpha value is -2.07. The molecule has 21 heavy (non-hydrogen) atoms. The van der Waals surface area contributed by atoms with Crippen molar-refractivity contribution in [1.29, 1.82) is 0 Å². The van der Waals surface area contributed by atoms with E-state index in [9.17, 15) is 9.90 Å². The van der Waals surface area contributed by atoms with Crippen molar-refractivity contribution in [2.24, 2.45) is 5.73 Å². The molecule has 4 nitrogen and oxygen atoms in total. The lowest BCUT2D eigenvalue weighted by Crippen LogP contribution is -2.27. The zero-order chi connectivity index (χ0) is 15.2. The summed E-state index contributed by atoms with van der Waals surface area (Å²) in [5.74, 6) is -0.0853. The highest BCUT2D eigenvalue weighted by molar-refractivity contribution is 6.03. The van der Waals surface area contributed by atoms with Crippen molar-refractivity contribution in [3.63, 3.8) is 0 Å². The maximum absolute atomic E-state index is 12.4. The lowest BCUT2D eigenvalue weighted by atomic mass is 10.0. The van der Waals surface area contributed by atoms with Crippen molar-refractivity contribution in [3.05, 3.63) is 42.0 Å². The van der Waals surface area contributed by atoms with E-state index in [1.54, 1.807) is 18.0 Å². The van der Waals surface area contributed by atoms with Crippen molar-refractivity contribution in [2.45, 2.75) is 19.3 Å². The second-order valence-electron chi connectivity index (χ2n) is 5.26. The van der Waals surface area contributed by atoms with E-state index in [-0.39, 0.29) is 11.7 Å². The molecule has 3 N–H and O–H groups in total. The summed E-state index contributed by atoms with van der Waals surface area (Å²) < 4.78 is 0. The monoisotopic (exact) mass is 286 g/mol. The Morgan fingerprint density at radius 2 is 1.90 bits per heavy atom. The van der Waals surface area contributed by atoms with Crippen LogP contribution in [-0.4, -0.2) is 36.1 Å². The summed E-state index contributed by atoms with van der Waals surface area (Å²) in [4.78, 5) is 14.1. The van der Waals surface area contributed by atoms with Crippen LogP contribution in [-0.2, 0) is 0 Å². The maximum atomic E-state index is 12.4. The molecule has 2 rings (SSSR count). The van der Waals surface area contributed by atoms with Crippen LogP contribution in [0.3, 0.4) is 0 Å². The van der Waals surface area contributed by atoms with E-state index in [4.69, 9.17) is 5.73 Å². The maximum Gasteiger partial charge on any atom is 0.257 e. The van der Waals surface area contributed by atoms with Crippen LogP contribution in [0.5, 0.6) is 5.75 Å². The first-order valence-corrected chi connectivity index (χ1v) is 7.31. The minimum Gasteiger partial charge on any atom is -0.506 e. The summed E-state index contributed by atoms with van der Waals surface area (Å²) in [6.45, 7) is 1.36. The van der Waals surface area contributed by atoms with Gasteiger partial charge in [-0.3, -0.25) is 4.79 Å². The topological polar surface area (TPSA) is 66.6 Å². The van der Waals surface area contributed by atoms with E-state index in [0.29, 0.717) is 24.0 Å². The summed E-state index contributed by atoms with van der Waals surface area (Å²) in [5, 5.41) is 12.0. The average Bonchev–Trinajstić information content (AvgIpc) is 2.51. The van der Waals surface area contributed by atoms with Gasteiger partial charge in [0.25, 0.3) is 5.91 Å². The van der Waals surface area contributed by atoms with Crippen molar-refractivity contribution < 1.29 is 9.90 Å². The largest absolute Gasteiger partial charge is 0.506 e. The normalized spacial score (nSPS) is 10.8. The minimum absolute atomic E-state index is 0.0620. The van der Waals surface area contributed by atoms with Crippen LogP contribution in [0, 0.1) is 0 Å². The minimum atomic E-state index is -0.147. The summed E-state index contributed by atoms with van der Waals surface area (Å²) >= 11 is 0. The number of nitrogens with two attached hydrogens (primary N) is 1. The van der Waals surface area contributed by atoms with Gasteiger partial charge in [-0.25, -0.2) is 0 Å². The number of fused-ring (bicyclic) bond motifs is 1. The molecular weight excluding hydrogens is 264 g/mol. The lowest BCUT2D eigenvalue weighted by Gasteiger charge is -2.18. The zero-order valence-corrected chi connectivity index (χ0v) is 12.4. The highest BCUT2D eigenvalue weighted by Crippen LogP contribution is 2.29. The molecule has 112 valence electrons. The van der Waals surface area contributed by atoms with Crippen LogP contribution in [0.15, 0.2) is 36.4 Å². The quantitative estimate of drug-likeness (QED) is 0.802. The fraction of sp³-hybridized carbons (Fsp3) is 0.353. The van der Waals surface area contributed by atoms with E-state index in [2.05, 4.69) is 0 Å². The van der Waals surface area contributed by atoms with Gasteiger partial charge in [-0.05, 0) is 30.8 Å². The van der Waals surface area contributed by atoms with Gasteiger partial charge < -0.3 is 15.7 Å². The standard InChI is InChI=1S/C17H22N2O2/c1-19(12-6-2-5-11-18)17(21)15-10-9-13-7-3-4-8-14(13)16(15)20/h3-4,7-10,20H,2,5-6,11-12,18H2,1H3. The molecule has 0 saturated carbocycles. The van der Waals surface area contributed by atoms with Crippen LogP contribution in [0.25, 0.3) is 10.8 Å². The third-order valence-corrected chi connectivity index (χ3v) is 3.68. The Labute approximate surface area is 125 Å². The Morgan fingerprint density at radius 1 is 1.14 bits per heavy atom. The van der Waals surface area contributed by atoms with Gasteiger partial charge in [0.05, 0.1) is 5.56 Å². The third-order valence-electron chi connectivity index (χ3n) is 3.68. The number of amides is 1. The number of rotatable bonds is 6. The Bertz CT molecular complexity index is 625. The molecule has 2 aromatic rings. The molecule has 4 heteroatoms. The van der Waals surface area contributed by atoms with Gasteiger partial charge in [-0.1, -0.05) is 36.8 Å². The molecule has 0 aliphatic carbocycles. The van der Waals surface area contributed by atoms with Crippen LogP contribution in [0.2, 0.25) is 0 Å². The molecule has 0 aromatic heterocycles. The summed E-state index contributed by atoms with van der Waals surface area (Å²) in [7, 11) is 1.76. The Morgan fingerprint density at radius 3 is 2.67 bits per heavy atom. The van der Waals surface area contributed by atoms with E-state index < -0.39 is 0 Å². The fourth-order valence-corrected chi connectivity index (χ4v) is 2.40. The molecule has 0 spiro atoms. The number of phenolic OH excluding ortho intramolecular Hbond substituents is 1. The number of aromatic hydroxyl groups is 1. The van der Waals surface area contributed by atoms with E-state index in [0.717, 1.165) is 24.6 Å². The van der Waals surface area contributed by atoms with Gasteiger partial charge in [0, 0.05) is 19.0 Å². The summed E-state index contributed by atoms with van der Waals surface area (Å²) in [5.41, 5.74) is 5.81. The first-order chi connectivity index (χ1) is 10.1. The van der Waals surface area contributed by atoms with Crippen molar-refractivity contribution in [2.75, 3.05) is 20.1 Å². The smallest absolute Gasteiger partial charge is 0.257 e. The van der Waals surface area contributed by atoms with Crippen LogP contribution in [0.4, 0.5) is 0 Å². The number of phenols is 1. The van der Waals surface area contributed by atoms with E-state index in [1.807, 2.05) is 30.3 Å². The Kier molecular flexibility index (Phi) is 5.17. The highest BCUT2D eigenvalue weighted by atomic mass is 16.3. The molecular formula is C17H22N2O2. The van der Waals surface area contributed by atoms with Crippen LogP contribution < -0.4 is 5.73 Å². The van der Waals surface area contributed by atoms with Gasteiger partial charge in [0.1, 0.15) is 5.75 Å². The molecule has 0 unspecified atom stereocenters. The second kappa shape index (κ2) is 7.09. The first-order valence-electron chi connectivity index (χ1n) is 7.31. The highest BCUT2D eigenvalue weighted by Gasteiger charge is 2.17. The summed E-state index contributed by atoms with van der Waals surface area (Å²) in [6, 6.07) is 11.1. The number of hydrogen-bond acceptors (Lipinski definition) is 3. The van der Waals surface area contributed by atoms with Crippen molar-refractivity contribution in [3.8, 4) is 5.75 Å². The lowest BCUT2D eigenvalue weighted by molar-refractivity contribution is 0.0790. The van der Waals surface area contributed by atoms with Gasteiger partial charge in [0.2, 0.25) is 0 Å². The van der Waals surface area contributed by atoms with Crippen molar-refractivity contribution in [1.82, 2.24) is 4.90 Å². The van der Waals surface area contributed by atoms with Crippen LogP contribution in [0.1, 0.15) is 29.6 Å². The predicted octanol–water partition coefficient (Wildman–Crippen LogP) is 2.75. The molecule has 0 bridgehead atoms. The van der Waals surface area contributed by atoms with Crippen LogP contribution >= 0.6 is 0 Å².